The van der Waals surface area contributed by atoms with Crippen molar-refractivity contribution in [3.8, 4) is 0 Å². The topological polar surface area (TPSA) is 48.5 Å². The number of rotatable bonds is 5. The number of anilines is 1. The number of pyridine rings is 1. The number of hydrogen-bond acceptors (Lipinski definition) is 3. The van der Waals surface area contributed by atoms with Gasteiger partial charge in [0.15, 0.2) is 0 Å². The first-order valence-corrected chi connectivity index (χ1v) is 13.2. The second-order valence-electron chi connectivity index (χ2n) is 9.86. The number of fused-ring (bicyclic) bond motifs is 2. The highest BCUT2D eigenvalue weighted by Crippen LogP contribution is 2.48. The summed E-state index contributed by atoms with van der Waals surface area (Å²) in [5, 5.41) is 4.08. The molecule has 1 fully saturated rings. The maximum Gasteiger partial charge on any atom is 0.322 e. The molecule has 3 aromatic rings. The second kappa shape index (κ2) is 10.8. The Bertz CT molecular complexity index is 1340. The van der Waals surface area contributed by atoms with Crippen LogP contribution in [0.3, 0.4) is 0 Å². The number of aryl methyl sites for hydroxylation is 1. The molecule has 5 rings (SSSR count). The molecule has 1 saturated heterocycles. The van der Waals surface area contributed by atoms with E-state index in [1.165, 1.54) is 23.4 Å². The lowest BCUT2D eigenvalue weighted by Crippen LogP contribution is -2.47. The fourth-order valence-corrected chi connectivity index (χ4v) is 5.87. The van der Waals surface area contributed by atoms with Gasteiger partial charge in [-0.15, -0.1) is 0 Å². The minimum Gasteiger partial charge on any atom is -0.334 e. The van der Waals surface area contributed by atoms with E-state index in [1.807, 2.05) is 35.2 Å². The Balaban J connectivity index is 1.25. The summed E-state index contributed by atoms with van der Waals surface area (Å²) < 4.78 is 13.4. The zero-order valence-corrected chi connectivity index (χ0v) is 22.2. The van der Waals surface area contributed by atoms with Crippen LogP contribution in [0.5, 0.6) is 0 Å². The van der Waals surface area contributed by atoms with Gasteiger partial charge in [0, 0.05) is 36.9 Å². The Morgan fingerprint density at radius 2 is 1.95 bits per heavy atom. The van der Waals surface area contributed by atoms with Crippen molar-refractivity contribution in [2.45, 2.75) is 31.7 Å². The van der Waals surface area contributed by atoms with Gasteiger partial charge in [0.25, 0.3) is 0 Å². The molecule has 192 valence electrons. The molecule has 5 nitrogen and oxygen atoms in total. The Labute approximate surface area is 226 Å². The van der Waals surface area contributed by atoms with Crippen molar-refractivity contribution in [3.63, 3.8) is 0 Å². The van der Waals surface area contributed by atoms with E-state index in [9.17, 15) is 9.18 Å². The Kier molecular flexibility index (Phi) is 7.52. The predicted octanol–water partition coefficient (Wildman–Crippen LogP) is 6.61. The summed E-state index contributed by atoms with van der Waals surface area (Å²) in [6.45, 7) is 5.78. The molecule has 37 heavy (non-hydrogen) atoms. The normalized spacial score (nSPS) is 16.9. The molecule has 1 aromatic heterocycles. The molecular weight excluding hydrogens is 510 g/mol. The predicted molar refractivity (Wildman–Crippen MR) is 148 cm³/mol. The van der Waals surface area contributed by atoms with E-state index in [1.54, 1.807) is 6.07 Å². The Hall–Kier alpha value is -2.93. The Morgan fingerprint density at radius 1 is 1.14 bits per heavy atom. The fraction of sp³-hybridized carbons (Fsp3) is 0.310. The van der Waals surface area contributed by atoms with Crippen molar-refractivity contribution < 1.29 is 9.18 Å². The van der Waals surface area contributed by atoms with Crippen LogP contribution in [0.25, 0.3) is 6.08 Å². The van der Waals surface area contributed by atoms with Gasteiger partial charge in [0.2, 0.25) is 5.95 Å². The number of piperidine rings is 1. The SMILES string of the molecule is Cc1cccc2c1C1(CCN(CC=Cc3ccc(Cl)c(Cl)c3)CC1)CN2C(=O)NCc1ccnc(F)c1. The summed E-state index contributed by atoms with van der Waals surface area (Å²) in [6, 6.07) is 14.7. The lowest BCUT2D eigenvalue weighted by Gasteiger charge is -2.40. The van der Waals surface area contributed by atoms with E-state index in [4.69, 9.17) is 23.2 Å². The number of halogens is 3. The average Bonchev–Trinajstić information content (AvgIpc) is 3.21. The van der Waals surface area contributed by atoms with Gasteiger partial charge in [0.1, 0.15) is 0 Å². The van der Waals surface area contributed by atoms with Crippen molar-refractivity contribution in [2.75, 3.05) is 31.1 Å². The van der Waals surface area contributed by atoms with Crippen LogP contribution < -0.4 is 10.2 Å². The van der Waals surface area contributed by atoms with Crippen LogP contribution in [0.2, 0.25) is 10.0 Å². The Morgan fingerprint density at radius 3 is 2.70 bits per heavy atom. The smallest absolute Gasteiger partial charge is 0.322 e. The van der Waals surface area contributed by atoms with Gasteiger partial charge in [-0.25, -0.2) is 9.78 Å². The maximum absolute atomic E-state index is 13.4. The van der Waals surface area contributed by atoms with Gasteiger partial charge in [-0.3, -0.25) is 9.80 Å². The standard InChI is InChI=1S/C29H29Cl2FN4O/c1-20-4-2-6-25-27(20)29(19-36(25)28(37)34-18-22-9-12-33-26(32)17-22)10-14-35(15-11-29)13-3-5-21-7-8-23(30)24(31)16-21/h2-9,12,16-17H,10-11,13-15,18-19H2,1H3,(H,34,37). The van der Waals surface area contributed by atoms with Crippen LogP contribution >= 0.6 is 23.2 Å². The van der Waals surface area contributed by atoms with Crippen LogP contribution in [0.1, 0.15) is 35.1 Å². The fourth-order valence-electron chi connectivity index (χ4n) is 5.57. The molecule has 8 heteroatoms. The number of amides is 2. The zero-order chi connectivity index (χ0) is 26.0. The van der Waals surface area contributed by atoms with E-state index < -0.39 is 5.95 Å². The molecule has 0 unspecified atom stereocenters. The van der Waals surface area contributed by atoms with Crippen molar-refractivity contribution in [3.05, 3.63) is 99.1 Å². The largest absolute Gasteiger partial charge is 0.334 e. The highest BCUT2D eigenvalue weighted by atomic mass is 35.5. The molecule has 0 aliphatic carbocycles. The summed E-state index contributed by atoms with van der Waals surface area (Å²) in [7, 11) is 0. The molecular formula is C29H29Cl2FN4O. The summed E-state index contributed by atoms with van der Waals surface area (Å²) in [4.78, 5) is 21.1. The van der Waals surface area contributed by atoms with E-state index in [0.717, 1.165) is 43.7 Å². The number of aromatic nitrogens is 1. The maximum atomic E-state index is 13.4. The van der Waals surface area contributed by atoms with Crippen molar-refractivity contribution in [1.29, 1.82) is 0 Å². The van der Waals surface area contributed by atoms with E-state index in [0.29, 0.717) is 22.2 Å². The molecule has 0 saturated carbocycles. The summed E-state index contributed by atoms with van der Waals surface area (Å²) in [6.07, 6.45) is 7.60. The highest BCUT2D eigenvalue weighted by Gasteiger charge is 2.47. The van der Waals surface area contributed by atoms with Gasteiger partial charge in [0.05, 0.1) is 10.0 Å². The van der Waals surface area contributed by atoms with Crippen molar-refractivity contribution in [2.24, 2.45) is 0 Å². The molecule has 2 aliphatic heterocycles. The molecule has 1 spiro atoms. The highest BCUT2D eigenvalue weighted by molar-refractivity contribution is 6.42. The first-order chi connectivity index (χ1) is 17.8. The summed E-state index contributed by atoms with van der Waals surface area (Å²) in [5.41, 5.74) is 5.13. The molecule has 2 aromatic carbocycles. The lowest BCUT2D eigenvalue weighted by molar-refractivity contribution is 0.179. The number of benzene rings is 2. The summed E-state index contributed by atoms with van der Waals surface area (Å²) in [5.74, 6) is -0.550. The number of nitrogens with one attached hydrogen (secondary N) is 1. The van der Waals surface area contributed by atoms with Crippen molar-refractivity contribution >= 4 is 41.0 Å². The average molecular weight is 539 g/mol. The van der Waals surface area contributed by atoms with Gasteiger partial charge in [-0.2, -0.15) is 4.39 Å². The van der Waals surface area contributed by atoms with Crippen molar-refractivity contribution in [1.82, 2.24) is 15.2 Å². The molecule has 0 atom stereocenters. The molecule has 0 bridgehead atoms. The number of hydrogen-bond donors (Lipinski definition) is 1. The first-order valence-electron chi connectivity index (χ1n) is 12.4. The second-order valence-corrected chi connectivity index (χ2v) is 10.7. The third kappa shape index (κ3) is 5.52. The molecule has 2 amide bonds. The zero-order valence-electron chi connectivity index (χ0n) is 20.7. The van der Waals surface area contributed by atoms with E-state index in [2.05, 4.69) is 40.3 Å². The van der Waals surface area contributed by atoms with Crippen LogP contribution in [0.15, 0.2) is 60.8 Å². The number of nitrogens with zero attached hydrogens (tertiary/aromatic N) is 3. The van der Waals surface area contributed by atoms with Gasteiger partial charge < -0.3 is 5.32 Å². The molecule has 1 N–H and O–H groups in total. The summed E-state index contributed by atoms with van der Waals surface area (Å²) >= 11 is 12.1. The number of likely N-dealkylation sites (tertiary alicyclic amines) is 1. The number of carbonyl (C=O) groups is 1. The first kappa shape index (κ1) is 25.7. The van der Waals surface area contributed by atoms with E-state index >= 15 is 0 Å². The van der Waals surface area contributed by atoms with Crippen LogP contribution in [0, 0.1) is 12.9 Å². The lowest BCUT2D eigenvalue weighted by atomic mass is 9.73. The third-order valence-electron chi connectivity index (χ3n) is 7.44. The molecule has 3 heterocycles. The number of urea groups is 1. The minimum absolute atomic E-state index is 0.0648. The monoisotopic (exact) mass is 538 g/mol. The third-order valence-corrected chi connectivity index (χ3v) is 8.18. The van der Waals surface area contributed by atoms with Gasteiger partial charge in [-0.05, 0) is 85.4 Å². The minimum atomic E-state index is -0.550. The molecule has 2 aliphatic rings. The van der Waals surface area contributed by atoms with Gasteiger partial charge >= 0.3 is 6.03 Å². The van der Waals surface area contributed by atoms with Crippen LogP contribution in [-0.2, 0) is 12.0 Å². The van der Waals surface area contributed by atoms with Crippen LogP contribution in [0.4, 0.5) is 14.9 Å². The number of carbonyl (C=O) groups excluding carboxylic acids is 1. The quantitative estimate of drug-likeness (QED) is 0.371. The van der Waals surface area contributed by atoms with Crippen LogP contribution in [-0.4, -0.2) is 42.1 Å². The van der Waals surface area contributed by atoms with E-state index in [-0.39, 0.29) is 18.0 Å². The molecule has 0 radical (unpaired) electrons. The van der Waals surface area contributed by atoms with Gasteiger partial charge in [-0.1, -0.05) is 53.6 Å².